The molecule has 2 aliphatic heterocycles. The highest BCUT2D eigenvalue weighted by atomic mass is 32.2. The lowest BCUT2D eigenvalue weighted by atomic mass is 9.76. The molecule has 3 rings (SSSR count). The number of sulfonamides is 1. The first-order valence-electron chi connectivity index (χ1n) is 8.38. The summed E-state index contributed by atoms with van der Waals surface area (Å²) in [5.41, 5.74) is -0.592. The van der Waals surface area contributed by atoms with E-state index in [9.17, 15) is 22.7 Å². The third-order valence-corrected chi connectivity index (χ3v) is 6.62. The quantitative estimate of drug-likeness (QED) is 0.846. The van der Waals surface area contributed by atoms with Crippen LogP contribution in [-0.2, 0) is 21.2 Å². The summed E-state index contributed by atoms with van der Waals surface area (Å²) in [5, 5.41) is 10.8. The molecule has 0 bridgehead atoms. The Morgan fingerprint density at radius 1 is 1.28 bits per heavy atom. The number of likely N-dealkylation sites (tertiary alicyclic amines) is 1. The van der Waals surface area contributed by atoms with Gasteiger partial charge in [-0.1, -0.05) is 18.2 Å². The minimum absolute atomic E-state index is 0.0341. The van der Waals surface area contributed by atoms with Crippen LogP contribution in [-0.4, -0.2) is 66.7 Å². The van der Waals surface area contributed by atoms with E-state index in [2.05, 4.69) is 0 Å². The van der Waals surface area contributed by atoms with Gasteiger partial charge in [-0.15, -0.1) is 0 Å². The van der Waals surface area contributed by atoms with E-state index in [1.807, 2.05) is 0 Å². The summed E-state index contributed by atoms with van der Waals surface area (Å²) >= 11 is 0. The standard InChI is InChI=1S/C17H23FN2O4S/c1-25(23,24)20-9-7-17(22)6-8-19(11-14(17)12-20)16(21)10-13-4-2-3-5-15(13)18/h2-5,14,22H,6-12H2,1H3/t14-,17-/m1/s1. The monoisotopic (exact) mass is 370 g/mol. The predicted molar refractivity (Wildman–Crippen MR) is 90.8 cm³/mol. The van der Waals surface area contributed by atoms with Crippen LogP contribution in [0.25, 0.3) is 0 Å². The fraction of sp³-hybridized carbons (Fsp3) is 0.588. The van der Waals surface area contributed by atoms with Gasteiger partial charge in [0.15, 0.2) is 0 Å². The Morgan fingerprint density at radius 3 is 2.64 bits per heavy atom. The number of hydrogen-bond donors (Lipinski definition) is 1. The van der Waals surface area contributed by atoms with Crippen LogP contribution in [0.5, 0.6) is 0 Å². The molecule has 138 valence electrons. The van der Waals surface area contributed by atoms with Gasteiger partial charge in [-0.3, -0.25) is 4.79 Å². The Bertz CT molecular complexity index is 770. The van der Waals surface area contributed by atoms with Crippen molar-refractivity contribution >= 4 is 15.9 Å². The number of carbonyl (C=O) groups is 1. The Kier molecular flexibility index (Phi) is 4.87. The van der Waals surface area contributed by atoms with E-state index in [-0.39, 0.29) is 31.3 Å². The number of fused-ring (bicyclic) bond motifs is 1. The second-order valence-corrected chi connectivity index (χ2v) is 9.01. The summed E-state index contributed by atoms with van der Waals surface area (Å²) in [6.07, 6.45) is 1.91. The van der Waals surface area contributed by atoms with Gasteiger partial charge in [0.05, 0.1) is 18.3 Å². The molecule has 0 unspecified atom stereocenters. The molecule has 2 atom stereocenters. The molecule has 1 aromatic rings. The first-order chi connectivity index (χ1) is 11.7. The molecule has 2 aliphatic rings. The third-order valence-electron chi connectivity index (χ3n) is 5.35. The fourth-order valence-electron chi connectivity index (χ4n) is 3.72. The molecule has 6 nitrogen and oxygen atoms in total. The van der Waals surface area contributed by atoms with Gasteiger partial charge in [-0.2, -0.15) is 0 Å². The van der Waals surface area contributed by atoms with Crippen LogP contribution in [0.3, 0.4) is 0 Å². The number of hydrogen-bond acceptors (Lipinski definition) is 4. The van der Waals surface area contributed by atoms with Crippen molar-refractivity contribution in [3.8, 4) is 0 Å². The molecule has 1 amide bonds. The fourth-order valence-corrected chi connectivity index (χ4v) is 4.59. The van der Waals surface area contributed by atoms with Gasteiger partial charge in [-0.05, 0) is 24.5 Å². The normalized spacial score (nSPS) is 27.8. The number of aliphatic hydroxyl groups is 1. The molecule has 1 aromatic carbocycles. The zero-order chi connectivity index (χ0) is 18.2. The van der Waals surface area contributed by atoms with Gasteiger partial charge < -0.3 is 10.0 Å². The van der Waals surface area contributed by atoms with Gasteiger partial charge >= 0.3 is 0 Å². The second-order valence-electron chi connectivity index (χ2n) is 7.03. The van der Waals surface area contributed by atoms with Gasteiger partial charge in [-0.25, -0.2) is 17.1 Å². The summed E-state index contributed by atoms with van der Waals surface area (Å²) in [6.45, 7) is 1.20. The van der Waals surface area contributed by atoms with Crippen molar-refractivity contribution < 1.29 is 22.7 Å². The van der Waals surface area contributed by atoms with E-state index in [0.717, 1.165) is 6.26 Å². The lowest BCUT2D eigenvalue weighted by molar-refractivity contribution is -0.143. The van der Waals surface area contributed by atoms with E-state index >= 15 is 0 Å². The maximum Gasteiger partial charge on any atom is 0.227 e. The van der Waals surface area contributed by atoms with Gasteiger partial charge in [0.25, 0.3) is 0 Å². The van der Waals surface area contributed by atoms with Crippen LogP contribution in [0.15, 0.2) is 24.3 Å². The Balaban J connectivity index is 1.70. The average molecular weight is 370 g/mol. The van der Waals surface area contributed by atoms with Crippen LogP contribution in [0.2, 0.25) is 0 Å². The highest BCUT2D eigenvalue weighted by molar-refractivity contribution is 7.88. The number of benzene rings is 1. The van der Waals surface area contributed by atoms with E-state index in [1.54, 1.807) is 23.1 Å². The number of amides is 1. The molecular formula is C17H23FN2O4S. The van der Waals surface area contributed by atoms with Crippen molar-refractivity contribution in [2.24, 2.45) is 5.92 Å². The minimum Gasteiger partial charge on any atom is -0.389 e. The summed E-state index contributed by atoms with van der Waals surface area (Å²) < 4.78 is 38.7. The van der Waals surface area contributed by atoms with E-state index < -0.39 is 21.4 Å². The van der Waals surface area contributed by atoms with Gasteiger partial charge in [0, 0.05) is 32.1 Å². The van der Waals surface area contributed by atoms with Crippen molar-refractivity contribution in [2.45, 2.75) is 24.9 Å². The summed E-state index contributed by atoms with van der Waals surface area (Å²) in [7, 11) is -3.33. The maximum absolute atomic E-state index is 13.7. The Labute approximate surface area is 147 Å². The van der Waals surface area contributed by atoms with Crippen LogP contribution in [0.1, 0.15) is 18.4 Å². The predicted octanol–water partition coefficient (Wildman–Crippen LogP) is 0.613. The lowest BCUT2D eigenvalue weighted by Gasteiger charge is -2.49. The Hall–Kier alpha value is -1.51. The molecule has 8 heteroatoms. The van der Waals surface area contributed by atoms with Crippen molar-refractivity contribution in [1.29, 1.82) is 0 Å². The average Bonchev–Trinajstić information content (AvgIpc) is 2.54. The van der Waals surface area contributed by atoms with Crippen molar-refractivity contribution in [2.75, 3.05) is 32.4 Å². The van der Waals surface area contributed by atoms with Gasteiger partial charge in [0.2, 0.25) is 15.9 Å². The molecule has 0 spiro atoms. The number of halogens is 1. The molecule has 1 N–H and O–H groups in total. The summed E-state index contributed by atoms with van der Waals surface area (Å²) in [4.78, 5) is 14.1. The van der Waals surface area contributed by atoms with Gasteiger partial charge in [0.1, 0.15) is 5.82 Å². The molecule has 0 saturated carbocycles. The minimum atomic E-state index is -3.33. The molecule has 2 heterocycles. The highest BCUT2D eigenvalue weighted by Gasteiger charge is 2.47. The van der Waals surface area contributed by atoms with Crippen LogP contribution in [0, 0.1) is 11.7 Å². The lowest BCUT2D eigenvalue weighted by Crippen LogP contribution is -2.61. The van der Waals surface area contributed by atoms with E-state index in [0.29, 0.717) is 31.5 Å². The number of nitrogens with zero attached hydrogens (tertiary/aromatic N) is 2. The van der Waals surface area contributed by atoms with Crippen molar-refractivity contribution in [3.05, 3.63) is 35.6 Å². The molecule has 0 aliphatic carbocycles. The summed E-state index contributed by atoms with van der Waals surface area (Å²) in [6, 6.07) is 6.17. The highest BCUT2D eigenvalue weighted by Crippen LogP contribution is 2.36. The SMILES string of the molecule is CS(=O)(=O)N1CC[C@]2(O)CCN(C(=O)Cc3ccccc3F)C[C@@H]2C1. The first kappa shape index (κ1) is 18.3. The first-order valence-corrected chi connectivity index (χ1v) is 10.2. The van der Waals surface area contributed by atoms with Crippen LogP contribution in [0.4, 0.5) is 4.39 Å². The van der Waals surface area contributed by atoms with E-state index in [4.69, 9.17) is 0 Å². The zero-order valence-corrected chi connectivity index (χ0v) is 15.0. The molecule has 2 saturated heterocycles. The molecular weight excluding hydrogens is 347 g/mol. The molecule has 0 aromatic heterocycles. The number of carbonyl (C=O) groups excluding carboxylic acids is 1. The van der Waals surface area contributed by atoms with Crippen LogP contribution >= 0.6 is 0 Å². The molecule has 2 fully saturated rings. The zero-order valence-electron chi connectivity index (χ0n) is 14.2. The maximum atomic E-state index is 13.7. The topological polar surface area (TPSA) is 77.9 Å². The van der Waals surface area contributed by atoms with Crippen molar-refractivity contribution in [3.63, 3.8) is 0 Å². The van der Waals surface area contributed by atoms with E-state index in [1.165, 1.54) is 10.4 Å². The number of piperidine rings is 2. The second kappa shape index (κ2) is 6.66. The number of rotatable bonds is 3. The largest absolute Gasteiger partial charge is 0.389 e. The summed E-state index contributed by atoms with van der Waals surface area (Å²) in [5.74, 6) is -0.941. The molecule has 0 radical (unpaired) electrons. The Morgan fingerprint density at radius 2 is 1.96 bits per heavy atom. The third kappa shape index (κ3) is 3.86. The van der Waals surface area contributed by atoms with Crippen LogP contribution < -0.4 is 0 Å². The smallest absolute Gasteiger partial charge is 0.227 e. The molecule has 25 heavy (non-hydrogen) atoms. The van der Waals surface area contributed by atoms with Crippen molar-refractivity contribution in [1.82, 2.24) is 9.21 Å².